The summed E-state index contributed by atoms with van der Waals surface area (Å²) in [4.78, 5) is 40.3. The fraction of sp³-hybridized carbons (Fsp3) is 0.591. The monoisotopic (exact) mass is 432 g/mol. The predicted octanol–water partition coefficient (Wildman–Crippen LogP) is 3.40. The summed E-state index contributed by atoms with van der Waals surface area (Å²) in [7, 11) is 0. The topological polar surface area (TPSA) is 81.8 Å². The van der Waals surface area contributed by atoms with E-state index in [-0.39, 0.29) is 24.4 Å². The van der Waals surface area contributed by atoms with Crippen LogP contribution in [0.25, 0.3) is 0 Å². The Morgan fingerprint density at radius 2 is 1.93 bits per heavy atom. The molecule has 1 aliphatic heterocycles. The summed E-state index contributed by atoms with van der Waals surface area (Å²) in [5, 5.41) is 4.38. The molecule has 1 spiro atoms. The lowest BCUT2D eigenvalue weighted by atomic mass is 9.77. The van der Waals surface area contributed by atoms with Gasteiger partial charge in [0, 0.05) is 17.1 Å². The smallest absolute Gasteiger partial charge is 0.322 e. The highest BCUT2D eigenvalue weighted by atomic mass is 35.5. The first-order valence-corrected chi connectivity index (χ1v) is 11.1. The van der Waals surface area contributed by atoms with Crippen molar-refractivity contribution in [2.24, 2.45) is 5.92 Å². The maximum absolute atomic E-state index is 13.0. The van der Waals surface area contributed by atoms with Crippen molar-refractivity contribution in [3.8, 4) is 0 Å². The normalized spacial score (nSPS) is 27.5. The number of amides is 4. The third kappa shape index (κ3) is 4.05. The number of benzene rings is 1. The van der Waals surface area contributed by atoms with Gasteiger partial charge in [-0.2, -0.15) is 5.01 Å². The lowest BCUT2D eigenvalue weighted by Crippen LogP contribution is -2.53. The number of carbonyl (C=O) groups excluding carboxylic acids is 3. The molecule has 3 fully saturated rings. The van der Waals surface area contributed by atoms with Gasteiger partial charge in [0.1, 0.15) is 5.54 Å². The lowest BCUT2D eigenvalue weighted by Gasteiger charge is -2.33. The van der Waals surface area contributed by atoms with Crippen molar-refractivity contribution in [1.82, 2.24) is 20.7 Å². The number of hydrazine groups is 1. The lowest BCUT2D eigenvalue weighted by molar-refractivity contribution is -0.140. The summed E-state index contributed by atoms with van der Waals surface area (Å²) >= 11 is 6.36. The Morgan fingerprint density at radius 3 is 2.57 bits per heavy atom. The highest BCUT2D eigenvalue weighted by Crippen LogP contribution is 2.37. The van der Waals surface area contributed by atoms with E-state index in [4.69, 9.17) is 11.6 Å². The van der Waals surface area contributed by atoms with Crippen LogP contribution in [0.1, 0.15) is 64.0 Å². The third-order valence-corrected chi connectivity index (χ3v) is 7.07. The molecule has 4 rings (SSSR count). The van der Waals surface area contributed by atoms with E-state index < -0.39 is 11.6 Å². The van der Waals surface area contributed by atoms with Crippen molar-refractivity contribution in [3.63, 3.8) is 0 Å². The van der Waals surface area contributed by atoms with Crippen LogP contribution in [-0.2, 0) is 9.59 Å². The summed E-state index contributed by atoms with van der Waals surface area (Å²) in [5.41, 5.74) is 2.65. The van der Waals surface area contributed by atoms with Gasteiger partial charge in [0.15, 0.2) is 0 Å². The quantitative estimate of drug-likeness (QED) is 0.675. The molecule has 30 heavy (non-hydrogen) atoms. The molecule has 2 N–H and O–H groups in total. The summed E-state index contributed by atoms with van der Waals surface area (Å²) in [6.07, 6.45) is 5.04. The molecular weight excluding hydrogens is 404 g/mol. The Kier molecular flexibility index (Phi) is 5.77. The summed E-state index contributed by atoms with van der Waals surface area (Å²) in [6.45, 7) is 4.27. The molecule has 3 aliphatic rings. The Morgan fingerprint density at radius 1 is 1.27 bits per heavy atom. The molecule has 8 heteroatoms. The van der Waals surface area contributed by atoms with Crippen LogP contribution in [0, 0.1) is 5.92 Å². The zero-order chi connectivity index (χ0) is 21.5. The van der Waals surface area contributed by atoms with Gasteiger partial charge in [-0.15, -0.1) is 0 Å². The van der Waals surface area contributed by atoms with Crippen molar-refractivity contribution >= 4 is 29.4 Å². The number of nitrogens with one attached hydrogen (secondary N) is 2. The zero-order valence-electron chi connectivity index (χ0n) is 17.5. The fourth-order valence-corrected chi connectivity index (χ4v) is 4.92. The van der Waals surface area contributed by atoms with Crippen molar-refractivity contribution in [2.45, 2.75) is 70.0 Å². The van der Waals surface area contributed by atoms with Crippen LogP contribution in [-0.4, -0.2) is 45.9 Å². The van der Waals surface area contributed by atoms with Crippen LogP contribution in [0.5, 0.6) is 0 Å². The second-order valence-electron chi connectivity index (χ2n) is 8.97. The molecule has 1 heterocycles. The van der Waals surface area contributed by atoms with Crippen molar-refractivity contribution in [1.29, 1.82) is 0 Å². The number of nitrogens with zero attached hydrogens (tertiary/aromatic N) is 2. The minimum absolute atomic E-state index is 0.0498. The van der Waals surface area contributed by atoms with E-state index in [1.807, 2.05) is 31.2 Å². The number of urea groups is 1. The van der Waals surface area contributed by atoms with Gasteiger partial charge in [-0.1, -0.05) is 36.7 Å². The Hall–Kier alpha value is -2.12. The first-order valence-electron chi connectivity index (χ1n) is 10.8. The second kappa shape index (κ2) is 8.19. The van der Waals surface area contributed by atoms with Crippen LogP contribution in [0.3, 0.4) is 0 Å². The maximum Gasteiger partial charge on any atom is 0.344 e. The molecule has 0 radical (unpaired) electrons. The number of carbonyl (C=O) groups is 3. The molecular formula is C22H29ClN4O3. The van der Waals surface area contributed by atoms with Gasteiger partial charge in [0.25, 0.3) is 11.8 Å². The van der Waals surface area contributed by atoms with E-state index in [0.29, 0.717) is 29.8 Å². The number of imide groups is 1. The summed E-state index contributed by atoms with van der Waals surface area (Å²) < 4.78 is 0. The van der Waals surface area contributed by atoms with E-state index in [1.54, 1.807) is 0 Å². The van der Waals surface area contributed by atoms with Gasteiger partial charge in [-0.3, -0.25) is 19.9 Å². The molecule has 0 bridgehead atoms. The number of hydrogen-bond donors (Lipinski definition) is 2. The zero-order valence-corrected chi connectivity index (χ0v) is 18.2. The molecule has 2 aliphatic carbocycles. The van der Waals surface area contributed by atoms with E-state index in [1.165, 1.54) is 0 Å². The first kappa shape index (κ1) is 21.1. The molecule has 7 nitrogen and oxygen atoms in total. The average molecular weight is 433 g/mol. The standard InChI is InChI=1S/C22H29ClN4O3/c1-14-9-11-22(12-10-14)20(29)27(21(30)24-22)25-19(28)13-26(16-7-8-16)15(2)17-5-3-4-6-18(17)23/h3-6,14-16H,7-13H2,1-2H3,(H,24,30)(H,25,28). The molecule has 2 saturated carbocycles. The van der Waals surface area contributed by atoms with E-state index in [9.17, 15) is 14.4 Å². The van der Waals surface area contributed by atoms with Gasteiger partial charge < -0.3 is 5.32 Å². The van der Waals surface area contributed by atoms with Crippen molar-refractivity contribution < 1.29 is 14.4 Å². The number of rotatable bonds is 6. The second-order valence-corrected chi connectivity index (χ2v) is 9.38. The summed E-state index contributed by atoms with van der Waals surface area (Å²) in [6, 6.07) is 7.33. The first-order chi connectivity index (χ1) is 14.3. The van der Waals surface area contributed by atoms with E-state index >= 15 is 0 Å². The van der Waals surface area contributed by atoms with Crippen LogP contribution in [0.2, 0.25) is 5.02 Å². The Bertz CT molecular complexity index is 849. The molecule has 0 aromatic heterocycles. The van der Waals surface area contributed by atoms with Gasteiger partial charge in [0.2, 0.25) is 0 Å². The summed E-state index contributed by atoms with van der Waals surface area (Å²) in [5.74, 6) is -0.169. The number of halogens is 1. The highest BCUT2D eigenvalue weighted by molar-refractivity contribution is 6.31. The molecule has 4 amide bonds. The Labute approximate surface area is 182 Å². The van der Waals surface area contributed by atoms with Crippen LogP contribution >= 0.6 is 11.6 Å². The number of hydrogen-bond acceptors (Lipinski definition) is 4. The van der Waals surface area contributed by atoms with E-state index in [2.05, 4.69) is 22.6 Å². The third-order valence-electron chi connectivity index (χ3n) is 6.72. The average Bonchev–Trinajstić information content (AvgIpc) is 3.53. The Balaban J connectivity index is 1.42. The van der Waals surface area contributed by atoms with Crippen LogP contribution in [0.4, 0.5) is 4.79 Å². The predicted molar refractivity (Wildman–Crippen MR) is 113 cm³/mol. The molecule has 1 atom stereocenters. The van der Waals surface area contributed by atoms with Gasteiger partial charge in [-0.05, 0) is 63.0 Å². The molecule has 1 unspecified atom stereocenters. The minimum atomic E-state index is -0.863. The van der Waals surface area contributed by atoms with Gasteiger partial charge in [0.05, 0.1) is 6.54 Å². The fourth-order valence-electron chi connectivity index (χ4n) is 4.62. The van der Waals surface area contributed by atoms with Crippen LogP contribution in [0.15, 0.2) is 24.3 Å². The molecule has 162 valence electrons. The van der Waals surface area contributed by atoms with Gasteiger partial charge in [-0.25, -0.2) is 4.79 Å². The molecule has 1 saturated heterocycles. The van der Waals surface area contributed by atoms with E-state index in [0.717, 1.165) is 36.3 Å². The van der Waals surface area contributed by atoms with Gasteiger partial charge >= 0.3 is 6.03 Å². The SMILES string of the molecule is CC1CCC2(CC1)NC(=O)N(NC(=O)CN(C1CC1)C(C)c1ccccc1Cl)C2=O. The highest BCUT2D eigenvalue weighted by Gasteiger charge is 2.53. The van der Waals surface area contributed by atoms with Crippen LogP contribution < -0.4 is 10.7 Å². The minimum Gasteiger partial charge on any atom is -0.322 e. The van der Waals surface area contributed by atoms with Crippen molar-refractivity contribution in [3.05, 3.63) is 34.9 Å². The molecule has 1 aromatic rings. The van der Waals surface area contributed by atoms with Crippen molar-refractivity contribution in [2.75, 3.05) is 6.54 Å². The largest absolute Gasteiger partial charge is 0.344 e. The maximum atomic E-state index is 13.0. The molecule has 1 aromatic carbocycles.